The molecule has 1 aliphatic carbocycles. The van der Waals surface area contributed by atoms with E-state index >= 15 is 0 Å². The van der Waals surface area contributed by atoms with Crippen LogP contribution in [0.2, 0.25) is 0 Å². The predicted molar refractivity (Wildman–Crippen MR) is 96.1 cm³/mol. The summed E-state index contributed by atoms with van der Waals surface area (Å²) in [5.41, 5.74) is 1.46. The molecule has 0 bridgehead atoms. The van der Waals surface area contributed by atoms with Crippen molar-refractivity contribution in [1.29, 1.82) is 0 Å². The lowest BCUT2D eigenvalue weighted by Crippen LogP contribution is -2.56. The van der Waals surface area contributed by atoms with Crippen molar-refractivity contribution in [1.82, 2.24) is 10.2 Å². The molecule has 0 unspecified atom stereocenters. The average Bonchev–Trinajstić information content (AvgIpc) is 3.09. The number of rotatable bonds is 5. The summed E-state index contributed by atoms with van der Waals surface area (Å²) >= 11 is 0. The normalized spacial score (nSPS) is 22.6. The van der Waals surface area contributed by atoms with Crippen molar-refractivity contribution in [3.63, 3.8) is 0 Å². The number of nitrogens with zero attached hydrogens (tertiary/aromatic N) is 1. The van der Waals surface area contributed by atoms with Crippen LogP contribution in [0.4, 0.5) is 0 Å². The topological polar surface area (TPSA) is 58.6 Å². The second-order valence-corrected chi connectivity index (χ2v) is 7.39. The number of hydrogen-bond donors (Lipinski definition) is 1. The molecule has 25 heavy (non-hydrogen) atoms. The fraction of sp³-hybridized carbons (Fsp3) is 0.600. The Kier molecular flexibility index (Phi) is 5.74. The lowest BCUT2D eigenvalue weighted by molar-refractivity contribution is -0.147. The Morgan fingerprint density at radius 2 is 1.96 bits per heavy atom. The van der Waals surface area contributed by atoms with Crippen molar-refractivity contribution in [2.24, 2.45) is 5.41 Å². The van der Waals surface area contributed by atoms with Crippen LogP contribution in [-0.2, 0) is 20.7 Å². The van der Waals surface area contributed by atoms with Gasteiger partial charge in [0.25, 0.3) is 0 Å². The van der Waals surface area contributed by atoms with Crippen molar-refractivity contribution in [2.75, 3.05) is 26.3 Å². The standard InChI is InChI=1S/C20H28N2O3/c1-16(23)22-11-12-25-14-18(22)19(24)21-15-20(9-5-6-10-20)13-17-7-3-2-4-8-17/h2-4,7-8,18H,5-6,9-15H2,1H3,(H,21,24)/t18-/m0/s1. The van der Waals surface area contributed by atoms with Gasteiger partial charge in [-0.25, -0.2) is 0 Å². The minimum absolute atomic E-state index is 0.0664. The summed E-state index contributed by atoms with van der Waals surface area (Å²) in [4.78, 5) is 26.1. The van der Waals surface area contributed by atoms with E-state index in [9.17, 15) is 9.59 Å². The van der Waals surface area contributed by atoms with Crippen LogP contribution in [0.1, 0.15) is 38.2 Å². The van der Waals surface area contributed by atoms with E-state index in [-0.39, 0.29) is 23.8 Å². The number of carbonyl (C=O) groups excluding carboxylic acids is 2. The summed E-state index contributed by atoms with van der Waals surface area (Å²) < 4.78 is 5.42. The van der Waals surface area contributed by atoms with Gasteiger partial charge in [-0.1, -0.05) is 43.2 Å². The Bertz CT molecular complexity index is 596. The summed E-state index contributed by atoms with van der Waals surface area (Å²) in [6.07, 6.45) is 5.70. The predicted octanol–water partition coefficient (Wildman–Crippen LogP) is 2.15. The highest BCUT2D eigenvalue weighted by molar-refractivity contribution is 5.87. The van der Waals surface area contributed by atoms with Gasteiger partial charge in [-0.15, -0.1) is 0 Å². The van der Waals surface area contributed by atoms with Crippen LogP contribution < -0.4 is 5.32 Å². The number of benzene rings is 1. The van der Waals surface area contributed by atoms with Gasteiger partial charge in [-0.05, 0) is 30.2 Å². The van der Waals surface area contributed by atoms with Crippen LogP contribution in [0.3, 0.4) is 0 Å². The second-order valence-electron chi connectivity index (χ2n) is 7.39. The van der Waals surface area contributed by atoms with Gasteiger partial charge in [0.2, 0.25) is 11.8 Å². The van der Waals surface area contributed by atoms with Gasteiger partial charge < -0.3 is 15.0 Å². The molecule has 3 rings (SSSR count). The molecule has 0 spiro atoms. The largest absolute Gasteiger partial charge is 0.377 e. The van der Waals surface area contributed by atoms with Crippen molar-refractivity contribution >= 4 is 11.8 Å². The zero-order valence-corrected chi connectivity index (χ0v) is 15.0. The highest BCUT2D eigenvalue weighted by Gasteiger charge is 2.36. The maximum absolute atomic E-state index is 12.7. The maximum Gasteiger partial charge on any atom is 0.245 e. The molecule has 0 aromatic heterocycles. The van der Waals surface area contributed by atoms with Crippen molar-refractivity contribution in [3.05, 3.63) is 35.9 Å². The van der Waals surface area contributed by atoms with Crippen molar-refractivity contribution in [3.8, 4) is 0 Å². The first-order valence-electron chi connectivity index (χ1n) is 9.26. The quantitative estimate of drug-likeness (QED) is 0.890. The Balaban J connectivity index is 1.63. The molecule has 2 fully saturated rings. The molecule has 1 heterocycles. The molecule has 1 saturated heterocycles. The van der Waals surface area contributed by atoms with E-state index in [0.29, 0.717) is 19.7 Å². The van der Waals surface area contributed by atoms with Crippen molar-refractivity contribution in [2.45, 2.75) is 45.1 Å². The minimum Gasteiger partial charge on any atom is -0.377 e. The monoisotopic (exact) mass is 344 g/mol. The molecular weight excluding hydrogens is 316 g/mol. The molecule has 1 aromatic carbocycles. The van der Waals surface area contributed by atoms with E-state index in [2.05, 4.69) is 29.6 Å². The summed E-state index contributed by atoms with van der Waals surface area (Å²) in [6, 6.07) is 10.00. The van der Waals surface area contributed by atoms with Crippen LogP contribution in [-0.4, -0.2) is 49.1 Å². The molecule has 136 valence electrons. The van der Waals surface area contributed by atoms with Gasteiger partial charge >= 0.3 is 0 Å². The molecule has 1 saturated carbocycles. The Morgan fingerprint density at radius 3 is 2.64 bits per heavy atom. The van der Waals surface area contributed by atoms with Crippen LogP contribution >= 0.6 is 0 Å². The molecule has 1 aliphatic heterocycles. The molecule has 2 aliphatic rings. The second kappa shape index (κ2) is 8.00. The Hall–Kier alpha value is -1.88. The van der Waals surface area contributed by atoms with Gasteiger partial charge in [-0.3, -0.25) is 9.59 Å². The number of hydrogen-bond acceptors (Lipinski definition) is 3. The maximum atomic E-state index is 12.7. The lowest BCUT2D eigenvalue weighted by atomic mass is 9.80. The number of ether oxygens (including phenoxy) is 1. The Labute approximate surface area is 149 Å². The molecule has 5 heteroatoms. The molecule has 5 nitrogen and oxygen atoms in total. The number of amides is 2. The zero-order chi connectivity index (χ0) is 17.7. The van der Waals surface area contributed by atoms with Crippen LogP contribution in [0, 0.1) is 5.41 Å². The van der Waals surface area contributed by atoms with E-state index in [0.717, 1.165) is 19.3 Å². The van der Waals surface area contributed by atoms with Crippen LogP contribution in [0.25, 0.3) is 0 Å². The fourth-order valence-corrected chi connectivity index (χ4v) is 4.16. The highest BCUT2D eigenvalue weighted by atomic mass is 16.5. The van der Waals surface area contributed by atoms with Gasteiger partial charge in [0.1, 0.15) is 6.04 Å². The number of carbonyl (C=O) groups is 2. The lowest BCUT2D eigenvalue weighted by Gasteiger charge is -2.35. The molecule has 1 N–H and O–H groups in total. The summed E-state index contributed by atoms with van der Waals surface area (Å²) in [7, 11) is 0. The van der Waals surface area contributed by atoms with Crippen molar-refractivity contribution < 1.29 is 14.3 Å². The van der Waals surface area contributed by atoms with Gasteiger partial charge in [0, 0.05) is 20.0 Å². The van der Waals surface area contributed by atoms with Gasteiger partial charge in [0.15, 0.2) is 0 Å². The zero-order valence-electron chi connectivity index (χ0n) is 15.0. The van der Waals surface area contributed by atoms with E-state index in [1.54, 1.807) is 4.90 Å². The summed E-state index contributed by atoms with van der Waals surface area (Å²) in [6.45, 7) is 3.46. The first kappa shape index (κ1) is 17.9. The SMILES string of the molecule is CC(=O)N1CCOC[C@H]1C(=O)NCC1(Cc2ccccc2)CCCC1. The van der Waals surface area contributed by atoms with Crippen LogP contribution in [0.15, 0.2) is 30.3 Å². The van der Waals surface area contributed by atoms with Gasteiger partial charge in [-0.2, -0.15) is 0 Å². The smallest absolute Gasteiger partial charge is 0.245 e. The van der Waals surface area contributed by atoms with E-state index in [1.165, 1.54) is 25.3 Å². The third kappa shape index (κ3) is 4.40. The molecular formula is C20H28N2O3. The molecule has 1 atom stereocenters. The molecule has 2 amide bonds. The first-order valence-corrected chi connectivity index (χ1v) is 9.26. The fourth-order valence-electron chi connectivity index (χ4n) is 4.16. The first-order chi connectivity index (χ1) is 12.1. The van der Waals surface area contributed by atoms with E-state index in [1.807, 2.05) is 6.07 Å². The number of morpholine rings is 1. The minimum atomic E-state index is -0.499. The van der Waals surface area contributed by atoms with E-state index in [4.69, 9.17) is 4.74 Å². The van der Waals surface area contributed by atoms with Gasteiger partial charge in [0.05, 0.1) is 13.2 Å². The summed E-state index contributed by atoms with van der Waals surface area (Å²) in [5, 5.41) is 3.13. The summed E-state index contributed by atoms with van der Waals surface area (Å²) in [5.74, 6) is -0.155. The third-order valence-corrected chi connectivity index (χ3v) is 5.56. The Morgan fingerprint density at radius 1 is 1.24 bits per heavy atom. The molecule has 0 radical (unpaired) electrons. The highest BCUT2D eigenvalue weighted by Crippen LogP contribution is 2.40. The van der Waals surface area contributed by atoms with Crippen LogP contribution in [0.5, 0.6) is 0 Å². The molecule has 1 aromatic rings. The number of nitrogens with one attached hydrogen (secondary N) is 1. The third-order valence-electron chi connectivity index (χ3n) is 5.56. The average molecular weight is 344 g/mol. The van der Waals surface area contributed by atoms with E-state index < -0.39 is 6.04 Å².